The van der Waals surface area contributed by atoms with E-state index in [0.29, 0.717) is 44.9 Å². The Bertz CT molecular complexity index is 1790. The summed E-state index contributed by atoms with van der Waals surface area (Å²) in [6, 6.07) is 22.2. The molecule has 2 atom stereocenters. The molecular weight excluding hydrogens is 769 g/mol. The molecule has 0 aliphatic carbocycles. The van der Waals surface area contributed by atoms with Crippen LogP contribution in [0.3, 0.4) is 0 Å². The molecule has 0 spiro atoms. The summed E-state index contributed by atoms with van der Waals surface area (Å²) in [5.74, 6) is -0.106. The van der Waals surface area contributed by atoms with Crippen LogP contribution in [-0.4, -0.2) is 89.2 Å². The number of benzene rings is 4. The lowest BCUT2D eigenvalue weighted by Gasteiger charge is -2.22. The second-order valence-electron chi connectivity index (χ2n) is 16.8. The fourth-order valence-electron chi connectivity index (χ4n) is 6.44. The maximum Gasteiger partial charge on any atom is 0.338 e. The van der Waals surface area contributed by atoms with Gasteiger partial charge >= 0.3 is 11.9 Å². The molecule has 0 aromatic heterocycles. The first-order valence-electron chi connectivity index (χ1n) is 19.9. The van der Waals surface area contributed by atoms with Gasteiger partial charge in [-0.3, -0.25) is 0 Å². The number of hydrogen-bond donors (Lipinski definition) is 2. The number of carbonyl (C=O) groups is 2. The van der Waals surface area contributed by atoms with Crippen LogP contribution in [0.1, 0.15) is 95.6 Å². The lowest BCUT2D eigenvalue weighted by molar-refractivity contribution is 0.0121. The van der Waals surface area contributed by atoms with Gasteiger partial charge in [-0.25, -0.2) is 9.59 Å². The molecule has 0 aliphatic heterocycles. The zero-order valence-electron chi connectivity index (χ0n) is 36.7. The predicted molar refractivity (Wildman–Crippen MR) is 229 cm³/mol. The molecule has 60 heavy (non-hydrogen) atoms. The SMILES string of the molecule is COCc1cc(-c2cc(COC)c(OCC(O)COC(=O)c3ccc(C(C)(C)C)cc3)c(COC)c2)cc(COC)c1OCC(O)COC(=O)c1ccc(C(C)(C)C)cc1. The smallest absolute Gasteiger partial charge is 0.338 e. The fraction of sp³-hybridized carbons (Fsp3) is 0.458. The maximum atomic E-state index is 12.7. The van der Waals surface area contributed by atoms with Crippen LogP contribution in [0.4, 0.5) is 0 Å². The van der Waals surface area contributed by atoms with Crippen molar-refractivity contribution in [3.63, 3.8) is 0 Å². The van der Waals surface area contributed by atoms with Crippen LogP contribution >= 0.6 is 0 Å². The van der Waals surface area contributed by atoms with Crippen molar-refractivity contribution in [2.45, 2.75) is 91.0 Å². The topological polar surface area (TPSA) is 148 Å². The highest BCUT2D eigenvalue weighted by Crippen LogP contribution is 2.37. The molecule has 0 amide bonds. The number of aliphatic hydroxyl groups excluding tert-OH is 2. The lowest BCUT2D eigenvalue weighted by atomic mass is 9.87. The molecule has 0 heterocycles. The first kappa shape index (κ1) is 47.9. The van der Waals surface area contributed by atoms with E-state index in [0.717, 1.165) is 22.3 Å². The van der Waals surface area contributed by atoms with E-state index in [-0.39, 0.29) is 63.7 Å². The van der Waals surface area contributed by atoms with Gasteiger partial charge in [0.2, 0.25) is 0 Å². The predicted octanol–water partition coefficient (Wildman–Crippen LogP) is 7.73. The monoisotopic (exact) mass is 830 g/mol. The van der Waals surface area contributed by atoms with Crippen molar-refractivity contribution in [2.75, 3.05) is 54.9 Å². The Kier molecular flexibility index (Phi) is 17.7. The van der Waals surface area contributed by atoms with Gasteiger partial charge < -0.3 is 48.1 Å². The van der Waals surface area contributed by atoms with Crippen molar-refractivity contribution < 1.29 is 57.7 Å². The zero-order valence-corrected chi connectivity index (χ0v) is 36.7. The third-order valence-corrected chi connectivity index (χ3v) is 9.65. The van der Waals surface area contributed by atoms with Gasteiger partial charge in [0.05, 0.1) is 37.6 Å². The van der Waals surface area contributed by atoms with Gasteiger partial charge in [-0.15, -0.1) is 0 Å². The van der Waals surface area contributed by atoms with Crippen LogP contribution in [0.5, 0.6) is 11.5 Å². The van der Waals surface area contributed by atoms with Crippen molar-refractivity contribution in [1.29, 1.82) is 0 Å². The number of aliphatic hydroxyl groups is 2. The average molecular weight is 831 g/mol. The van der Waals surface area contributed by atoms with Crippen LogP contribution in [0.2, 0.25) is 0 Å². The van der Waals surface area contributed by atoms with E-state index < -0.39 is 24.1 Å². The summed E-state index contributed by atoms with van der Waals surface area (Å²) in [6.45, 7) is 12.5. The van der Waals surface area contributed by atoms with Crippen molar-refractivity contribution in [2.24, 2.45) is 0 Å². The van der Waals surface area contributed by atoms with E-state index in [1.807, 2.05) is 48.5 Å². The largest absolute Gasteiger partial charge is 0.490 e. The Labute approximate surface area is 354 Å². The summed E-state index contributed by atoms with van der Waals surface area (Å²) in [5, 5.41) is 21.6. The van der Waals surface area contributed by atoms with E-state index in [1.54, 1.807) is 52.7 Å². The molecular formula is C48H62O12. The first-order chi connectivity index (χ1) is 28.5. The van der Waals surface area contributed by atoms with Gasteiger partial charge in [0.25, 0.3) is 0 Å². The highest BCUT2D eigenvalue weighted by atomic mass is 16.6. The van der Waals surface area contributed by atoms with Gasteiger partial charge in [-0.1, -0.05) is 65.8 Å². The normalized spacial score (nSPS) is 12.8. The molecule has 4 aromatic rings. The summed E-state index contributed by atoms with van der Waals surface area (Å²) < 4.78 is 45.4. The standard InChI is InChI=1S/C48H62O12/c1-47(2,3)39-15-11-31(12-16-39)45(51)59-29-41(49)27-57-43-35(23-53-7)19-33(20-36(43)24-54-8)34-21-37(25-55-9)44(38(22-34)26-56-10)58-28-42(50)30-60-46(52)32-13-17-40(18-14-32)48(4,5)6/h11-22,41-42,49-50H,23-30H2,1-10H3. The second kappa shape index (κ2) is 22.1. The van der Waals surface area contributed by atoms with Crippen LogP contribution in [-0.2, 0) is 65.7 Å². The summed E-state index contributed by atoms with van der Waals surface area (Å²) in [4.78, 5) is 25.4. The average Bonchev–Trinajstić information content (AvgIpc) is 3.21. The van der Waals surface area contributed by atoms with Crippen molar-refractivity contribution in [3.8, 4) is 22.6 Å². The Balaban J connectivity index is 1.49. The summed E-state index contributed by atoms with van der Waals surface area (Å²) in [5.41, 5.74) is 7.33. The third-order valence-electron chi connectivity index (χ3n) is 9.65. The molecule has 4 rings (SSSR count). The van der Waals surface area contributed by atoms with E-state index in [1.165, 1.54) is 0 Å². The minimum Gasteiger partial charge on any atom is -0.490 e. The van der Waals surface area contributed by atoms with E-state index in [9.17, 15) is 19.8 Å². The van der Waals surface area contributed by atoms with Crippen molar-refractivity contribution >= 4 is 11.9 Å². The zero-order chi connectivity index (χ0) is 44.0. The van der Waals surface area contributed by atoms with Crippen LogP contribution < -0.4 is 9.47 Å². The van der Waals surface area contributed by atoms with Gasteiger partial charge in [-0.05, 0) is 81.6 Å². The number of carbonyl (C=O) groups excluding carboxylic acids is 2. The van der Waals surface area contributed by atoms with Crippen molar-refractivity contribution in [3.05, 3.63) is 117 Å². The molecule has 0 aliphatic rings. The number of rotatable bonds is 21. The third kappa shape index (κ3) is 13.6. The maximum absolute atomic E-state index is 12.7. The van der Waals surface area contributed by atoms with Crippen LogP contribution in [0, 0.1) is 0 Å². The fourth-order valence-corrected chi connectivity index (χ4v) is 6.44. The van der Waals surface area contributed by atoms with Crippen molar-refractivity contribution in [1.82, 2.24) is 0 Å². The number of hydrogen-bond acceptors (Lipinski definition) is 12. The minimum absolute atomic E-state index is 0.0508. The molecule has 326 valence electrons. The highest BCUT2D eigenvalue weighted by molar-refractivity contribution is 5.90. The number of ether oxygens (including phenoxy) is 8. The quantitative estimate of drug-likeness (QED) is 0.0792. The minimum atomic E-state index is -1.11. The Morgan fingerprint density at radius 2 is 0.767 bits per heavy atom. The summed E-state index contributed by atoms with van der Waals surface area (Å²) >= 11 is 0. The Morgan fingerprint density at radius 1 is 0.483 bits per heavy atom. The highest BCUT2D eigenvalue weighted by Gasteiger charge is 2.22. The lowest BCUT2D eigenvalue weighted by Crippen LogP contribution is -2.26. The van der Waals surface area contributed by atoms with Gasteiger partial charge in [-0.2, -0.15) is 0 Å². The van der Waals surface area contributed by atoms with Gasteiger partial charge in [0.1, 0.15) is 50.1 Å². The molecule has 2 unspecified atom stereocenters. The summed E-state index contributed by atoms with van der Waals surface area (Å²) in [6.07, 6.45) is -2.21. The molecule has 4 aromatic carbocycles. The molecule has 12 heteroatoms. The molecule has 0 bridgehead atoms. The van der Waals surface area contributed by atoms with E-state index in [2.05, 4.69) is 41.5 Å². The molecule has 0 fully saturated rings. The molecule has 2 N–H and O–H groups in total. The molecule has 0 saturated carbocycles. The van der Waals surface area contributed by atoms with Gasteiger partial charge in [0, 0.05) is 50.7 Å². The van der Waals surface area contributed by atoms with Gasteiger partial charge in [0.15, 0.2) is 0 Å². The second-order valence-corrected chi connectivity index (χ2v) is 16.8. The van der Waals surface area contributed by atoms with Crippen LogP contribution in [0.25, 0.3) is 11.1 Å². The summed E-state index contributed by atoms with van der Waals surface area (Å²) in [7, 11) is 6.31. The van der Waals surface area contributed by atoms with E-state index in [4.69, 9.17) is 37.9 Å². The number of esters is 2. The molecule has 0 saturated heterocycles. The van der Waals surface area contributed by atoms with Crippen LogP contribution in [0.15, 0.2) is 72.8 Å². The molecule has 12 nitrogen and oxygen atoms in total. The van der Waals surface area contributed by atoms with E-state index >= 15 is 0 Å². The number of methoxy groups -OCH3 is 4. The first-order valence-corrected chi connectivity index (χ1v) is 19.9. The Morgan fingerprint density at radius 3 is 1.02 bits per heavy atom. The molecule has 0 radical (unpaired) electrons. The Hall–Kier alpha value is -4.82.